The molecule has 12 heteroatoms. The number of amides is 1. The number of carbonyl (C=O) groups excluding carboxylic acids is 3. The van der Waals surface area contributed by atoms with Crippen LogP contribution in [-0.2, 0) is 25.2 Å². The second-order valence-corrected chi connectivity index (χ2v) is 9.04. The van der Waals surface area contributed by atoms with Gasteiger partial charge in [0.15, 0.2) is 0 Å². The van der Waals surface area contributed by atoms with Crippen molar-refractivity contribution in [3.8, 4) is 5.75 Å². The standard InChI is InChI=1S/C26H25F3N2O6S/c1-13-18(24(34)36-2)19(14-9-5-7-11-16(14)26(27,28)29)20(25(35)37-3)21(30-13)23(38-4)31-22(33)15-10-6-8-12-17(15)32/h5-12,19,23,30,32H,1-4H3,(H,31,33). The minimum absolute atomic E-state index is 0.0141. The zero-order valence-corrected chi connectivity index (χ0v) is 21.6. The van der Waals surface area contributed by atoms with Crippen molar-refractivity contribution in [2.45, 2.75) is 24.4 Å². The van der Waals surface area contributed by atoms with Gasteiger partial charge in [0.2, 0.25) is 0 Å². The van der Waals surface area contributed by atoms with Gasteiger partial charge in [-0.15, -0.1) is 11.8 Å². The number of carbonyl (C=O) groups is 3. The Morgan fingerprint density at radius 3 is 2.16 bits per heavy atom. The highest BCUT2D eigenvalue weighted by atomic mass is 32.2. The van der Waals surface area contributed by atoms with Gasteiger partial charge in [0.05, 0.1) is 48.1 Å². The topological polar surface area (TPSA) is 114 Å². The van der Waals surface area contributed by atoms with Crippen molar-refractivity contribution in [1.82, 2.24) is 10.6 Å². The number of esters is 2. The molecule has 3 N–H and O–H groups in total. The Balaban J connectivity index is 2.28. The second-order valence-electron chi connectivity index (χ2n) is 8.10. The molecule has 3 rings (SSSR count). The Hall–Kier alpha value is -3.93. The molecule has 38 heavy (non-hydrogen) atoms. The Morgan fingerprint density at radius 1 is 1.00 bits per heavy atom. The summed E-state index contributed by atoms with van der Waals surface area (Å²) >= 11 is 1.06. The zero-order chi connectivity index (χ0) is 28.2. The zero-order valence-electron chi connectivity index (χ0n) is 20.8. The lowest BCUT2D eigenvalue weighted by atomic mass is 9.78. The number of phenolic OH excluding ortho intramolecular Hbond substituents is 1. The lowest BCUT2D eigenvalue weighted by Crippen LogP contribution is -2.43. The molecule has 0 aliphatic carbocycles. The van der Waals surface area contributed by atoms with E-state index in [1.165, 1.54) is 43.3 Å². The van der Waals surface area contributed by atoms with Gasteiger partial charge in [-0.25, -0.2) is 9.59 Å². The van der Waals surface area contributed by atoms with Crippen molar-refractivity contribution in [2.24, 2.45) is 0 Å². The Morgan fingerprint density at radius 2 is 1.58 bits per heavy atom. The van der Waals surface area contributed by atoms with Gasteiger partial charge < -0.3 is 25.2 Å². The van der Waals surface area contributed by atoms with E-state index in [0.717, 1.165) is 32.0 Å². The van der Waals surface area contributed by atoms with Crippen LogP contribution in [0.1, 0.15) is 34.3 Å². The molecule has 2 atom stereocenters. The molecule has 0 bridgehead atoms. The van der Waals surface area contributed by atoms with Crippen LogP contribution in [0.25, 0.3) is 0 Å². The van der Waals surface area contributed by atoms with Crippen LogP contribution >= 0.6 is 11.8 Å². The van der Waals surface area contributed by atoms with Gasteiger partial charge in [0.1, 0.15) is 11.1 Å². The fourth-order valence-electron chi connectivity index (χ4n) is 4.21. The molecule has 1 heterocycles. The first-order chi connectivity index (χ1) is 18.0. The number of dihydropyridines is 1. The van der Waals surface area contributed by atoms with E-state index in [1.54, 1.807) is 12.3 Å². The van der Waals surface area contributed by atoms with Gasteiger partial charge in [-0.1, -0.05) is 30.3 Å². The summed E-state index contributed by atoms with van der Waals surface area (Å²) in [6, 6.07) is 10.4. The van der Waals surface area contributed by atoms with E-state index >= 15 is 0 Å². The van der Waals surface area contributed by atoms with Crippen molar-refractivity contribution in [2.75, 3.05) is 20.5 Å². The number of nitrogens with one attached hydrogen (secondary N) is 2. The van der Waals surface area contributed by atoms with Crippen LogP contribution < -0.4 is 10.6 Å². The first kappa shape index (κ1) is 28.6. The fourth-order valence-corrected chi connectivity index (χ4v) is 4.85. The lowest BCUT2D eigenvalue weighted by molar-refractivity contribution is -0.140. The molecule has 202 valence electrons. The number of halogens is 3. The molecule has 0 spiro atoms. The van der Waals surface area contributed by atoms with Crippen molar-refractivity contribution in [1.29, 1.82) is 0 Å². The summed E-state index contributed by atoms with van der Waals surface area (Å²) < 4.78 is 52.0. The molecule has 1 amide bonds. The molecule has 2 aromatic carbocycles. The van der Waals surface area contributed by atoms with E-state index < -0.39 is 40.9 Å². The molecule has 0 saturated carbocycles. The SMILES string of the molecule is COC(=O)C1=C(C)NC(C(NC(=O)c2ccccc2O)SC)=C(C(=O)OC)C1c1ccccc1C(F)(F)F. The van der Waals surface area contributed by atoms with E-state index in [4.69, 9.17) is 9.47 Å². The number of allylic oxidation sites excluding steroid dienone is 1. The van der Waals surface area contributed by atoms with Crippen LogP contribution in [-0.4, -0.2) is 48.8 Å². The maximum Gasteiger partial charge on any atom is 0.416 e. The monoisotopic (exact) mass is 550 g/mol. The van der Waals surface area contributed by atoms with Crippen LogP contribution in [0, 0.1) is 0 Å². The summed E-state index contributed by atoms with van der Waals surface area (Å²) in [5.74, 6) is -4.49. The molecule has 2 aromatic rings. The number of alkyl halides is 3. The highest BCUT2D eigenvalue weighted by molar-refractivity contribution is 7.99. The first-order valence-electron chi connectivity index (χ1n) is 11.1. The van der Waals surface area contributed by atoms with E-state index in [0.29, 0.717) is 0 Å². The van der Waals surface area contributed by atoms with Gasteiger partial charge in [-0.05, 0) is 36.9 Å². The van der Waals surface area contributed by atoms with Crippen molar-refractivity contribution in [3.05, 3.63) is 87.8 Å². The van der Waals surface area contributed by atoms with Crippen molar-refractivity contribution < 1.29 is 42.1 Å². The molecule has 0 fully saturated rings. The molecular weight excluding hydrogens is 525 g/mol. The minimum atomic E-state index is -4.81. The normalized spacial score (nSPS) is 16.4. The average molecular weight is 551 g/mol. The molecular formula is C26H25F3N2O6S. The summed E-state index contributed by atoms with van der Waals surface area (Å²) in [7, 11) is 2.13. The molecule has 0 saturated heterocycles. The van der Waals surface area contributed by atoms with E-state index in [9.17, 15) is 32.7 Å². The number of methoxy groups -OCH3 is 2. The van der Waals surface area contributed by atoms with Crippen molar-refractivity contribution >= 4 is 29.6 Å². The van der Waals surface area contributed by atoms with Crippen LogP contribution in [0.5, 0.6) is 5.75 Å². The van der Waals surface area contributed by atoms with Gasteiger partial charge in [0, 0.05) is 5.70 Å². The molecule has 1 aliphatic rings. The van der Waals surface area contributed by atoms with E-state index in [1.807, 2.05) is 0 Å². The molecule has 0 aromatic heterocycles. The Kier molecular flexibility index (Phi) is 8.77. The van der Waals surface area contributed by atoms with Crippen LogP contribution in [0.15, 0.2) is 71.1 Å². The van der Waals surface area contributed by atoms with Crippen LogP contribution in [0.3, 0.4) is 0 Å². The maximum atomic E-state index is 14.1. The number of thioether (sulfide) groups is 1. The number of rotatable bonds is 7. The number of aromatic hydroxyl groups is 1. The number of hydrogen-bond donors (Lipinski definition) is 3. The van der Waals surface area contributed by atoms with Gasteiger partial charge in [-0.3, -0.25) is 4.79 Å². The highest BCUT2D eigenvalue weighted by Crippen LogP contribution is 2.45. The minimum Gasteiger partial charge on any atom is -0.507 e. The summed E-state index contributed by atoms with van der Waals surface area (Å²) in [6.45, 7) is 1.45. The average Bonchev–Trinajstić information content (AvgIpc) is 2.89. The van der Waals surface area contributed by atoms with E-state index in [-0.39, 0.29) is 39.4 Å². The Bertz CT molecular complexity index is 1320. The number of para-hydroxylation sites is 1. The summed E-state index contributed by atoms with van der Waals surface area (Å²) in [6.07, 6.45) is -3.21. The van der Waals surface area contributed by atoms with Gasteiger partial charge >= 0.3 is 18.1 Å². The predicted octanol–water partition coefficient (Wildman–Crippen LogP) is 4.09. The quantitative estimate of drug-likeness (QED) is 0.349. The number of ether oxygens (including phenoxy) is 2. The molecule has 1 aliphatic heterocycles. The van der Waals surface area contributed by atoms with Crippen molar-refractivity contribution in [3.63, 3.8) is 0 Å². The van der Waals surface area contributed by atoms with Crippen LogP contribution in [0.2, 0.25) is 0 Å². The molecule has 0 radical (unpaired) electrons. The molecule has 2 unspecified atom stereocenters. The highest BCUT2D eigenvalue weighted by Gasteiger charge is 2.44. The predicted molar refractivity (Wildman–Crippen MR) is 134 cm³/mol. The molecule has 8 nitrogen and oxygen atoms in total. The first-order valence-corrected chi connectivity index (χ1v) is 12.4. The van der Waals surface area contributed by atoms with Gasteiger partial charge in [-0.2, -0.15) is 13.2 Å². The van der Waals surface area contributed by atoms with Crippen LogP contribution in [0.4, 0.5) is 13.2 Å². The summed E-state index contributed by atoms with van der Waals surface area (Å²) in [5.41, 5.74) is -1.87. The summed E-state index contributed by atoms with van der Waals surface area (Å²) in [4.78, 5) is 39.0. The smallest absolute Gasteiger partial charge is 0.416 e. The van der Waals surface area contributed by atoms with E-state index in [2.05, 4.69) is 10.6 Å². The summed E-state index contributed by atoms with van der Waals surface area (Å²) in [5, 5.41) is 14.6. The second kappa shape index (κ2) is 11.6. The number of benzene rings is 2. The largest absolute Gasteiger partial charge is 0.507 e. The van der Waals surface area contributed by atoms with Gasteiger partial charge in [0.25, 0.3) is 5.91 Å². The maximum absolute atomic E-state index is 14.1. The third-order valence-electron chi connectivity index (χ3n) is 5.89. The number of phenols is 1. The fraction of sp³-hybridized carbons (Fsp3) is 0.269. The third kappa shape index (κ3) is 5.64. The lowest BCUT2D eigenvalue weighted by Gasteiger charge is -2.35. The Labute approximate surface area is 220 Å². The number of hydrogen-bond acceptors (Lipinski definition) is 8. The third-order valence-corrected chi connectivity index (χ3v) is 6.72.